The Labute approximate surface area is 140 Å². The van der Waals surface area contributed by atoms with Gasteiger partial charge in [-0.3, -0.25) is 0 Å². The standard InChI is InChI=1S/C16H21N3O2S2/c1-11-2-5-14-15(10-11)22-16(17-14)19-8-6-12(7-9-19)18-23(20,21)13-3-4-13/h2,5,10,12-13,18H,3-4,6-9H2,1H3. The maximum Gasteiger partial charge on any atom is 0.214 e. The zero-order valence-corrected chi connectivity index (χ0v) is 14.8. The van der Waals surface area contributed by atoms with Crippen LogP contribution in [0, 0.1) is 6.92 Å². The van der Waals surface area contributed by atoms with E-state index in [0.29, 0.717) is 0 Å². The van der Waals surface area contributed by atoms with E-state index in [4.69, 9.17) is 4.98 Å². The molecule has 1 aromatic heterocycles. The summed E-state index contributed by atoms with van der Waals surface area (Å²) in [5.74, 6) is 0. The summed E-state index contributed by atoms with van der Waals surface area (Å²) < 4.78 is 28.2. The molecule has 2 aliphatic rings. The highest BCUT2D eigenvalue weighted by atomic mass is 32.2. The highest BCUT2D eigenvalue weighted by Gasteiger charge is 2.37. The second kappa shape index (κ2) is 5.72. The van der Waals surface area contributed by atoms with Gasteiger partial charge in [-0.1, -0.05) is 17.4 Å². The monoisotopic (exact) mass is 351 g/mol. The quantitative estimate of drug-likeness (QED) is 0.920. The molecule has 1 aliphatic carbocycles. The summed E-state index contributed by atoms with van der Waals surface area (Å²) in [4.78, 5) is 7.00. The zero-order valence-electron chi connectivity index (χ0n) is 13.2. The number of nitrogens with zero attached hydrogens (tertiary/aromatic N) is 2. The number of sulfonamides is 1. The highest BCUT2D eigenvalue weighted by Crippen LogP contribution is 2.32. The van der Waals surface area contributed by atoms with Crippen molar-refractivity contribution in [1.82, 2.24) is 9.71 Å². The summed E-state index contributed by atoms with van der Waals surface area (Å²) in [6.07, 6.45) is 3.33. The van der Waals surface area contributed by atoms with Crippen molar-refractivity contribution in [3.05, 3.63) is 23.8 Å². The second-order valence-corrected chi connectivity index (χ2v) is 9.59. The van der Waals surface area contributed by atoms with Crippen LogP contribution < -0.4 is 9.62 Å². The van der Waals surface area contributed by atoms with E-state index in [9.17, 15) is 8.42 Å². The van der Waals surface area contributed by atoms with Crippen molar-refractivity contribution in [2.45, 2.75) is 43.9 Å². The van der Waals surface area contributed by atoms with Gasteiger partial charge in [-0.15, -0.1) is 0 Å². The van der Waals surface area contributed by atoms with E-state index in [1.165, 1.54) is 10.3 Å². The predicted octanol–water partition coefficient (Wildman–Crippen LogP) is 2.66. The van der Waals surface area contributed by atoms with Gasteiger partial charge in [0.2, 0.25) is 10.0 Å². The van der Waals surface area contributed by atoms with E-state index >= 15 is 0 Å². The molecule has 1 aromatic carbocycles. The van der Waals surface area contributed by atoms with Gasteiger partial charge in [-0.25, -0.2) is 18.1 Å². The first-order chi connectivity index (χ1) is 11.0. The molecule has 7 heteroatoms. The molecule has 1 saturated heterocycles. The van der Waals surface area contributed by atoms with E-state index in [0.717, 1.165) is 49.4 Å². The number of aryl methyl sites for hydroxylation is 1. The molecule has 2 aromatic rings. The first-order valence-electron chi connectivity index (χ1n) is 8.14. The number of hydrogen-bond acceptors (Lipinski definition) is 5. The van der Waals surface area contributed by atoms with Crippen LogP contribution in [-0.2, 0) is 10.0 Å². The Morgan fingerprint density at radius 3 is 2.65 bits per heavy atom. The lowest BCUT2D eigenvalue weighted by Crippen LogP contribution is -2.45. The number of piperidine rings is 1. The SMILES string of the molecule is Cc1ccc2nc(N3CCC(NS(=O)(=O)C4CC4)CC3)sc2c1. The van der Waals surface area contributed by atoms with Gasteiger partial charge in [0.25, 0.3) is 0 Å². The number of hydrogen-bond donors (Lipinski definition) is 1. The molecule has 0 unspecified atom stereocenters. The number of benzene rings is 1. The molecule has 0 bridgehead atoms. The molecule has 0 spiro atoms. The van der Waals surface area contributed by atoms with Gasteiger partial charge < -0.3 is 4.90 Å². The lowest BCUT2D eigenvalue weighted by atomic mass is 10.1. The molecule has 1 saturated carbocycles. The Morgan fingerprint density at radius 1 is 1.22 bits per heavy atom. The van der Waals surface area contributed by atoms with Crippen molar-refractivity contribution in [2.75, 3.05) is 18.0 Å². The Bertz CT molecular complexity index is 819. The Balaban J connectivity index is 1.42. The summed E-state index contributed by atoms with van der Waals surface area (Å²) in [6.45, 7) is 3.81. The molecule has 0 amide bonds. The van der Waals surface area contributed by atoms with E-state index in [2.05, 4.69) is 34.7 Å². The van der Waals surface area contributed by atoms with Gasteiger partial charge in [0.1, 0.15) is 0 Å². The molecule has 23 heavy (non-hydrogen) atoms. The molecule has 1 N–H and O–H groups in total. The van der Waals surface area contributed by atoms with E-state index in [-0.39, 0.29) is 11.3 Å². The van der Waals surface area contributed by atoms with Crippen LogP contribution in [0.5, 0.6) is 0 Å². The van der Waals surface area contributed by atoms with Gasteiger partial charge in [-0.2, -0.15) is 0 Å². The molecule has 4 rings (SSSR count). The Morgan fingerprint density at radius 2 is 1.96 bits per heavy atom. The smallest absolute Gasteiger partial charge is 0.214 e. The highest BCUT2D eigenvalue weighted by molar-refractivity contribution is 7.90. The molecular formula is C16H21N3O2S2. The van der Waals surface area contributed by atoms with Crippen molar-refractivity contribution >= 4 is 36.7 Å². The number of fused-ring (bicyclic) bond motifs is 1. The van der Waals surface area contributed by atoms with Crippen molar-refractivity contribution in [3.8, 4) is 0 Å². The van der Waals surface area contributed by atoms with E-state index in [1.807, 2.05) is 0 Å². The number of nitrogens with one attached hydrogen (secondary N) is 1. The van der Waals surface area contributed by atoms with Crippen LogP contribution in [0.3, 0.4) is 0 Å². The third kappa shape index (κ3) is 3.22. The maximum atomic E-state index is 12.0. The van der Waals surface area contributed by atoms with Gasteiger partial charge >= 0.3 is 0 Å². The second-order valence-electron chi connectivity index (χ2n) is 6.59. The van der Waals surface area contributed by atoms with Gasteiger partial charge in [0.15, 0.2) is 5.13 Å². The summed E-state index contributed by atoms with van der Waals surface area (Å²) in [6, 6.07) is 6.41. The third-order valence-electron chi connectivity index (χ3n) is 4.59. The van der Waals surface area contributed by atoms with Crippen LogP contribution in [0.15, 0.2) is 18.2 Å². The molecule has 124 valence electrons. The Kier molecular flexibility index (Phi) is 3.82. The summed E-state index contributed by atoms with van der Waals surface area (Å²) in [7, 11) is -3.08. The molecule has 2 fully saturated rings. The normalized spacial score (nSPS) is 20.3. The average molecular weight is 351 g/mol. The number of rotatable bonds is 4. The van der Waals surface area contributed by atoms with Crippen molar-refractivity contribution in [1.29, 1.82) is 0 Å². The van der Waals surface area contributed by atoms with Gasteiger partial charge in [0.05, 0.1) is 15.5 Å². The minimum Gasteiger partial charge on any atom is -0.348 e. The number of anilines is 1. The fraction of sp³-hybridized carbons (Fsp3) is 0.562. The molecule has 2 heterocycles. The summed E-state index contributed by atoms with van der Waals surface area (Å²) in [5, 5.41) is 0.919. The van der Waals surface area contributed by atoms with Gasteiger partial charge in [-0.05, 0) is 50.3 Å². The van der Waals surface area contributed by atoms with Crippen molar-refractivity contribution < 1.29 is 8.42 Å². The number of thiazole rings is 1. The fourth-order valence-electron chi connectivity index (χ4n) is 3.05. The predicted molar refractivity (Wildman–Crippen MR) is 94.7 cm³/mol. The first-order valence-corrected chi connectivity index (χ1v) is 10.5. The van der Waals surface area contributed by atoms with Crippen LogP contribution in [0.2, 0.25) is 0 Å². The lowest BCUT2D eigenvalue weighted by molar-refractivity contribution is 0.459. The minimum absolute atomic E-state index is 0.0773. The van der Waals surface area contributed by atoms with Crippen molar-refractivity contribution in [2.24, 2.45) is 0 Å². The molecule has 5 nitrogen and oxygen atoms in total. The van der Waals surface area contributed by atoms with Crippen molar-refractivity contribution in [3.63, 3.8) is 0 Å². The van der Waals surface area contributed by atoms with E-state index < -0.39 is 10.0 Å². The molecule has 1 aliphatic heterocycles. The fourth-order valence-corrected chi connectivity index (χ4v) is 5.82. The van der Waals surface area contributed by atoms with Crippen LogP contribution in [0.1, 0.15) is 31.2 Å². The minimum atomic E-state index is -3.08. The molecular weight excluding hydrogens is 330 g/mol. The zero-order chi connectivity index (χ0) is 16.0. The van der Waals surface area contributed by atoms with Gasteiger partial charge in [0, 0.05) is 19.1 Å². The van der Waals surface area contributed by atoms with Crippen LogP contribution >= 0.6 is 11.3 Å². The summed E-state index contributed by atoms with van der Waals surface area (Å²) >= 11 is 1.72. The third-order valence-corrected chi connectivity index (χ3v) is 7.68. The van der Waals surface area contributed by atoms with E-state index in [1.54, 1.807) is 11.3 Å². The van der Waals surface area contributed by atoms with Crippen LogP contribution in [0.25, 0.3) is 10.2 Å². The Hall–Kier alpha value is -1.18. The largest absolute Gasteiger partial charge is 0.348 e. The lowest BCUT2D eigenvalue weighted by Gasteiger charge is -2.31. The number of aromatic nitrogens is 1. The summed E-state index contributed by atoms with van der Waals surface area (Å²) in [5.41, 5.74) is 2.30. The topological polar surface area (TPSA) is 62.3 Å². The van der Waals surface area contributed by atoms with Crippen LogP contribution in [0.4, 0.5) is 5.13 Å². The molecule has 0 atom stereocenters. The molecule has 0 radical (unpaired) electrons. The van der Waals surface area contributed by atoms with Crippen LogP contribution in [-0.4, -0.2) is 37.8 Å². The first kappa shape index (κ1) is 15.4. The average Bonchev–Trinajstić information content (AvgIpc) is 3.29. The maximum absolute atomic E-state index is 12.0.